The lowest BCUT2D eigenvalue weighted by Crippen LogP contribution is -2.37. The van der Waals surface area contributed by atoms with Gasteiger partial charge in [0.2, 0.25) is 5.91 Å². The molecule has 0 unspecified atom stereocenters. The van der Waals surface area contributed by atoms with Crippen molar-refractivity contribution in [2.75, 3.05) is 17.6 Å². The third-order valence-electron chi connectivity index (χ3n) is 2.08. The van der Waals surface area contributed by atoms with Gasteiger partial charge in [-0.05, 0) is 39.0 Å². The summed E-state index contributed by atoms with van der Waals surface area (Å²) in [5, 5.41) is 4.97. The molecule has 20 heavy (non-hydrogen) atoms. The number of nitrogens with one attached hydrogen (secondary N) is 2. The summed E-state index contributed by atoms with van der Waals surface area (Å²) in [7, 11) is 0. The molecule has 0 spiro atoms. The molecule has 0 heterocycles. The summed E-state index contributed by atoms with van der Waals surface area (Å²) >= 11 is 3.28. The van der Waals surface area contributed by atoms with Crippen molar-refractivity contribution in [1.82, 2.24) is 5.32 Å². The van der Waals surface area contributed by atoms with E-state index in [1.165, 1.54) is 0 Å². The van der Waals surface area contributed by atoms with Crippen molar-refractivity contribution in [1.29, 1.82) is 0 Å². The molecular formula is C13H18BrN3O3. The third-order valence-corrected chi connectivity index (χ3v) is 2.57. The van der Waals surface area contributed by atoms with Gasteiger partial charge in [-0.1, -0.05) is 15.9 Å². The average Bonchev–Trinajstić information content (AvgIpc) is 2.29. The number of alkyl carbamates (subject to hydrolysis) is 1. The molecule has 0 saturated heterocycles. The molecule has 1 aromatic carbocycles. The highest BCUT2D eigenvalue weighted by Gasteiger charge is 2.16. The molecule has 1 aromatic rings. The molecule has 0 bridgehead atoms. The monoisotopic (exact) mass is 343 g/mol. The SMILES string of the molecule is CC(C)(C)OC(=O)NCC(=O)Nc1cc(Br)ccc1N. The summed E-state index contributed by atoms with van der Waals surface area (Å²) in [5.41, 5.74) is 6.05. The van der Waals surface area contributed by atoms with Gasteiger partial charge < -0.3 is 21.1 Å². The third kappa shape index (κ3) is 5.92. The molecule has 7 heteroatoms. The van der Waals surface area contributed by atoms with Crippen molar-refractivity contribution in [3.8, 4) is 0 Å². The second kappa shape index (κ2) is 6.60. The van der Waals surface area contributed by atoms with E-state index in [0.29, 0.717) is 11.4 Å². The van der Waals surface area contributed by atoms with Gasteiger partial charge in [-0.15, -0.1) is 0 Å². The highest BCUT2D eigenvalue weighted by atomic mass is 79.9. The number of hydrogen-bond donors (Lipinski definition) is 3. The number of carbonyl (C=O) groups excluding carboxylic acids is 2. The molecule has 6 nitrogen and oxygen atoms in total. The van der Waals surface area contributed by atoms with E-state index in [2.05, 4.69) is 26.6 Å². The van der Waals surface area contributed by atoms with E-state index in [4.69, 9.17) is 10.5 Å². The van der Waals surface area contributed by atoms with Gasteiger partial charge >= 0.3 is 6.09 Å². The predicted octanol–water partition coefficient (Wildman–Crippen LogP) is 2.49. The Labute approximate surface area is 126 Å². The van der Waals surface area contributed by atoms with E-state index >= 15 is 0 Å². The van der Waals surface area contributed by atoms with Gasteiger partial charge in [0, 0.05) is 4.47 Å². The number of rotatable bonds is 3. The summed E-state index contributed by atoms with van der Waals surface area (Å²) < 4.78 is 5.81. The van der Waals surface area contributed by atoms with Crippen molar-refractivity contribution in [3.63, 3.8) is 0 Å². The maximum atomic E-state index is 11.7. The molecule has 0 aliphatic heterocycles. The van der Waals surface area contributed by atoms with Crippen LogP contribution in [0.1, 0.15) is 20.8 Å². The van der Waals surface area contributed by atoms with Gasteiger partial charge in [0.15, 0.2) is 0 Å². The topological polar surface area (TPSA) is 93.4 Å². The van der Waals surface area contributed by atoms with Crippen molar-refractivity contribution in [3.05, 3.63) is 22.7 Å². The smallest absolute Gasteiger partial charge is 0.408 e. The van der Waals surface area contributed by atoms with Crippen LogP contribution in [0.5, 0.6) is 0 Å². The molecule has 0 saturated carbocycles. The zero-order valence-corrected chi connectivity index (χ0v) is 13.2. The van der Waals surface area contributed by atoms with E-state index in [9.17, 15) is 9.59 Å². The summed E-state index contributed by atoms with van der Waals surface area (Å²) in [6, 6.07) is 5.12. The number of nitrogens with two attached hydrogens (primary N) is 1. The number of anilines is 2. The second-order valence-corrected chi connectivity index (χ2v) is 6.05. The fraction of sp³-hybridized carbons (Fsp3) is 0.385. The summed E-state index contributed by atoms with van der Waals surface area (Å²) in [5.74, 6) is -0.388. The minimum atomic E-state index is -0.644. The van der Waals surface area contributed by atoms with Crippen molar-refractivity contribution in [2.45, 2.75) is 26.4 Å². The molecule has 0 fully saturated rings. The maximum absolute atomic E-state index is 11.7. The Bertz CT molecular complexity index is 512. The predicted molar refractivity (Wildman–Crippen MR) is 81.4 cm³/mol. The zero-order chi connectivity index (χ0) is 15.3. The van der Waals surface area contributed by atoms with E-state index < -0.39 is 11.7 Å². The Balaban J connectivity index is 2.48. The molecular weight excluding hydrogens is 326 g/mol. The van der Waals surface area contributed by atoms with Crippen LogP contribution in [0, 0.1) is 0 Å². The molecule has 2 amide bonds. The lowest BCUT2D eigenvalue weighted by Gasteiger charge is -2.19. The molecule has 0 atom stereocenters. The Hall–Kier alpha value is -1.76. The Morgan fingerprint density at radius 3 is 2.60 bits per heavy atom. The zero-order valence-electron chi connectivity index (χ0n) is 11.6. The molecule has 4 N–H and O–H groups in total. The number of ether oxygens (including phenoxy) is 1. The van der Waals surface area contributed by atoms with Crippen LogP contribution in [-0.2, 0) is 9.53 Å². The number of hydrogen-bond acceptors (Lipinski definition) is 4. The van der Waals surface area contributed by atoms with Gasteiger partial charge in [0.05, 0.1) is 11.4 Å². The van der Waals surface area contributed by atoms with Crippen LogP contribution >= 0.6 is 15.9 Å². The van der Waals surface area contributed by atoms with Crippen LogP contribution in [0.15, 0.2) is 22.7 Å². The minimum Gasteiger partial charge on any atom is -0.444 e. The lowest BCUT2D eigenvalue weighted by molar-refractivity contribution is -0.115. The summed E-state index contributed by atoms with van der Waals surface area (Å²) in [6.45, 7) is 5.04. The normalized spacial score (nSPS) is 10.8. The first-order valence-electron chi connectivity index (χ1n) is 5.99. The van der Waals surface area contributed by atoms with E-state index in [1.54, 1.807) is 39.0 Å². The van der Waals surface area contributed by atoms with E-state index in [1.807, 2.05) is 0 Å². The Kier molecular flexibility index (Phi) is 5.38. The van der Waals surface area contributed by atoms with Crippen molar-refractivity contribution < 1.29 is 14.3 Å². The maximum Gasteiger partial charge on any atom is 0.408 e. The average molecular weight is 344 g/mol. The number of benzene rings is 1. The van der Waals surface area contributed by atoms with Gasteiger partial charge in [-0.2, -0.15) is 0 Å². The molecule has 0 radical (unpaired) electrons. The van der Waals surface area contributed by atoms with Crippen LogP contribution in [0.4, 0.5) is 16.2 Å². The Morgan fingerprint density at radius 1 is 1.35 bits per heavy atom. The number of carbonyl (C=O) groups is 2. The molecule has 0 aromatic heterocycles. The standard InChI is InChI=1S/C13H18BrN3O3/c1-13(2,3)20-12(19)16-7-11(18)17-10-6-8(14)4-5-9(10)15/h4-6H,7,15H2,1-3H3,(H,16,19)(H,17,18). The van der Waals surface area contributed by atoms with Gasteiger partial charge in [-0.25, -0.2) is 4.79 Å². The first-order chi connectivity index (χ1) is 9.17. The second-order valence-electron chi connectivity index (χ2n) is 5.14. The van der Waals surface area contributed by atoms with Crippen LogP contribution < -0.4 is 16.4 Å². The number of halogens is 1. The molecule has 0 aliphatic rings. The minimum absolute atomic E-state index is 0.194. The van der Waals surface area contributed by atoms with E-state index in [0.717, 1.165) is 4.47 Å². The molecule has 110 valence electrons. The van der Waals surface area contributed by atoms with Gasteiger partial charge in [0.25, 0.3) is 0 Å². The first-order valence-corrected chi connectivity index (χ1v) is 6.78. The highest BCUT2D eigenvalue weighted by Crippen LogP contribution is 2.22. The fourth-order valence-corrected chi connectivity index (χ4v) is 1.66. The highest BCUT2D eigenvalue weighted by molar-refractivity contribution is 9.10. The molecule has 1 rings (SSSR count). The largest absolute Gasteiger partial charge is 0.444 e. The first kappa shape index (κ1) is 16.3. The van der Waals surface area contributed by atoms with Crippen LogP contribution in [0.3, 0.4) is 0 Å². The molecule has 0 aliphatic carbocycles. The van der Waals surface area contributed by atoms with Crippen LogP contribution in [-0.4, -0.2) is 24.1 Å². The number of amides is 2. The van der Waals surface area contributed by atoms with E-state index in [-0.39, 0.29) is 12.5 Å². The van der Waals surface area contributed by atoms with Gasteiger partial charge in [0.1, 0.15) is 12.1 Å². The summed E-state index contributed by atoms with van der Waals surface area (Å²) in [6.07, 6.45) is -0.644. The lowest BCUT2D eigenvalue weighted by atomic mass is 10.2. The Morgan fingerprint density at radius 2 is 2.00 bits per heavy atom. The van der Waals surface area contributed by atoms with Gasteiger partial charge in [-0.3, -0.25) is 4.79 Å². The number of nitrogen functional groups attached to an aromatic ring is 1. The summed E-state index contributed by atoms with van der Waals surface area (Å²) in [4.78, 5) is 23.1. The van der Waals surface area contributed by atoms with Crippen LogP contribution in [0.2, 0.25) is 0 Å². The quantitative estimate of drug-likeness (QED) is 0.735. The van der Waals surface area contributed by atoms with Crippen LogP contribution in [0.25, 0.3) is 0 Å². The fourth-order valence-electron chi connectivity index (χ4n) is 1.30. The van der Waals surface area contributed by atoms with Crippen molar-refractivity contribution in [2.24, 2.45) is 0 Å². The van der Waals surface area contributed by atoms with Crippen molar-refractivity contribution >= 4 is 39.3 Å².